The first-order chi connectivity index (χ1) is 40.4. The van der Waals surface area contributed by atoms with Crippen LogP contribution in [0.2, 0.25) is 0 Å². The van der Waals surface area contributed by atoms with Crippen LogP contribution in [0.5, 0.6) is 11.5 Å². The van der Waals surface area contributed by atoms with Gasteiger partial charge in [0.2, 0.25) is 17.7 Å². The minimum Gasteiger partial charge on any atom is -0.497 e. The molecule has 10 rings (SSSR count). The number of rotatable bonds is 19. The lowest BCUT2D eigenvalue weighted by molar-refractivity contribution is -0.137. The van der Waals surface area contributed by atoms with Crippen LogP contribution in [0, 0.1) is 17.7 Å². The molecular weight excluding hydrogens is 1060 g/mol. The van der Waals surface area contributed by atoms with Gasteiger partial charge in [-0.25, -0.2) is 9.49 Å². The van der Waals surface area contributed by atoms with Crippen LogP contribution in [-0.2, 0) is 27.3 Å². The second-order valence-corrected chi connectivity index (χ2v) is 23.2. The molecule has 4 aromatic carbocycles. The molecule has 1 atom stereocenters. The summed E-state index contributed by atoms with van der Waals surface area (Å²) in [6, 6.07) is 24.6. The summed E-state index contributed by atoms with van der Waals surface area (Å²) >= 11 is 0. The molecule has 0 bridgehead atoms. The molecule has 5 aromatic rings. The Morgan fingerprint density at radius 3 is 2.16 bits per heavy atom. The Morgan fingerprint density at radius 2 is 1.42 bits per heavy atom. The van der Waals surface area contributed by atoms with Gasteiger partial charge in [0.15, 0.2) is 0 Å². The number of piperazine rings is 2. The van der Waals surface area contributed by atoms with Crippen LogP contribution < -0.4 is 25.7 Å². The fourth-order valence-corrected chi connectivity index (χ4v) is 13.0. The Morgan fingerprint density at radius 1 is 0.711 bits per heavy atom. The van der Waals surface area contributed by atoms with E-state index in [1.807, 2.05) is 65.3 Å². The second kappa shape index (κ2) is 27.9. The molecule has 18 nitrogen and oxygen atoms in total. The zero-order valence-electron chi connectivity index (χ0n) is 48.3. The van der Waals surface area contributed by atoms with Crippen LogP contribution in [0.1, 0.15) is 114 Å². The largest absolute Gasteiger partial charge is 0.497 e. The maximum Gasteiger partial charge on any atom is 0.272 e. The van der Waals surface area contributed by atoms with Gasteiger partial charge in [0, 0.05) is 108 Å². The average molecular weight is 1140 g/mol. The fourth-order valence-electron chi connectivity index (χ4n) is 13.0. The highest BCUT2D eigenvalue weighted by atomic mass is 19.1. The van der Waals surface area contributed by atoms with Gasteiger partial charge in [-0.1, -0.05) is 61.7 Å². The number of halogens is 1. The molecule has 5 fully saturated rings. The fraction of sp³-hybridized carbons (Fsp3) is 0.516. The molecule has 442 valence electrons. The Hall–Kier alpha value is -7.22. The van der Waals surface area contributed by atoms with Crippen LogP contribution in [0.15, 0.2) is 89.7 Å². The van der Waals surface area contributed by atoms with Crippen molar-refractivity contribution in [1.29, 1.82) is 0 Å². The van der Waals surface area contributed by atoms with Crippen molar-refractivity contribution in [3.05, 3.63) is 135 Å². The van der Waals surface area contributed by atoms with Gasteiger partial charge in [0.1, 0.15) is 23.4 Å². The van der Waals surface area contributed by atoms with E-state index in [0.29, 0.717) is 112 Å². The number of hydrogen-bond acceptors (Lipinski definition) is 12. The normalized spacial score (nSPS) is 18.5. The zero-order chi connectivity index (χ0) is 57.8. The van der Waals surface area contributed by atoms with Gasteiger partial charge in [-0.2, -0.15) is 5.10 Å². The van der Waals surface area contributed by atoms with Crippen molar-refractivity contribution in [1.82, 2.24) is 50.2 Å². The summed E-state index contributed by atoms with van der Waals surface area (Å²) < 4.78 is 26.3. The maximum atomic E-state index is 15.2. The van der Waals surface area contributed by atoms with Crippen molar-refractivity contribution in [2.75, 3.05) is 112 Å². The van der Waals surface area contributed by atoms with Crippen molar-refractivity contribution in [2.45, 2.75) is 89.6 Å². The lowest BCUT2D eigenvalue weighted by Gasteiger charge is -2.41. The zero-order valence-corrected chi connectivity index (χ0v) is 48.3. The molecule has 0 radical (unpaired) electrons. The first-order valence-electron chi connectivity index (χ1n) is 30.2. The van der Waals surface area contributed by atoms with Crippen molar-refractivity contribution >= 4 is 40.3 Å². The van der Waals surface area contributed by atoms with E-state index in [1.54, 1.807) is 41.2 Å². The number of benzene rings is 4. The van der Waals surface area contributed by atoms with Crippen molar-refractivity contribution < 1.29 is 37.8 Å². The summed E-state index contributed by atoms with van der Waals surface area (Å²) in [6.07, 6.45) is 8.94. The molecule has 83 heavy (non-hydrogen) atoms. The molecule has 1 aromatic heterocycles. The van der Waals surface area contributed by atoms with E-state index in [-0.39, 0.29) is 53.1 Å². The summed E-state index contributed by atoms with van der Waals surface area (Å²) in [6.45, 7) is 11.5. The minimum atomic E-state index is -0.609. The third kappa shape index (κ3) is 14.8. The van der Waals surface area contributed by atoms with E-state index in [1.165, 1.54) is 6.07 Å². The summed E-state index contributed by atoms with van der Waals surface area (Å²) in [5.74, 6) is 1.12. The standard InChI is InChI=1S/C64H81FN10O8/c1-3-83-57-39-51(82-2)18-17-50(57)40-66-41-58(76)72-26-22-46(23-27-72)48-12-9-13-49(38-48)61(78)67-60(47-10-5-4-6-11-47)64(81)75-30-28-71(29-31-75)42-44-20-24-70(25-21-44)43-59(77)73-32-34-74(35-33-73)63(80)54-36-45(16-19-55(54)65)37-56-52-14-7-8-15-53(52)62(79)69-68-56/h7-9,12-19,36,38-39,44,46-47,60,66H,3-6,10-11,20-35,37,40-43H2,1-2H3,(H,67,78)(H,69,79). The van der Waals surface area contributed by atoms with Crippen molar-refractivity contribution in [3.63, 3.8) is 0 Å². The molecule has 5 heterocycles. The molecule has 5 amide bonds. The van der Waals surface area contributed by atoms with Crippen LogP contribution in [0.4, 0.5) is 4.39 Å². The van der Waals surface area contributed by atoms with E-state index in [0.717, 1.165) is 113 Å². The monoisotopic (exact) mass is 1140 g/mol. The van der Waals surface area contributed by atoms with Gasteiger partial charge in [0.25, 0.3) is 17.4 Å². The number of H-pyrrole nitrogens is 1. The Bertz CT molecular complexity index is 3140. The number of methoxy groups -OCH3 is 1. The molecule has 0 spiro atoms. The molecule has 5 aliphatic rings. The lowest BCUT2D eigenvalue weighted by atomic mass is 9.83. The highest BCUT2D eigenvalue weighted by Crippen LogP contribution is 2.32. The molecule has 3 N–H and O–H groups in total. The summed E-state index contributed by atoms with van der Waals surface area (Å²) in [5, 5.41) is 14.5. The molecule has 1 unspecified atom stereocenters. The van der Waals surface area contributed by atoms with E-state index < -0.39 is 17.8 Å². The van der Waals surface area contributed by atoms with Gasteiger partial charge < -0.3 is 39.7 Å². The number of hydrogen-bond donors (Lipinski definition) is 3. The molecule has 19 heteroatoms. The third-order valence-corrected chi connectivity index (χ3v) is 17.9. The van der Waals surface area contributed by atoms with Crippen LogP contribution >= 0.6 is 0 Å². The lowest BCUT2D eigenvalue weighted by Crippen LogP contribution is -2.57. The second-order valence-electron chi connectivity index (χ2n) is 23.2. The van der Waals surface area contributed by atoms with Crippen LogP contribution in [-0.4, -0.2) is 187 Å². The smallest absolute Gasteiger partial charge is 0.272 e. The van der Waals surface area contributed by atoms with E-state index in [2.05, 4.69) is 36.7 Å². The number of piperidine rings is 2. The number of aromatic amines is 1. The van der Waals surface area contributed by atoms with Crippen LogP contribution in [0.3, 0.4) is 0 Å². The van der Waals surface area contributed by atoms with Gasteiger partial charge >= 0.3 is 0 Å². The predicted molar refractivity (Wildman–Crippen MR) is 315 cm³/mol. The van der Waals surface area contributed by atoms with E-state index in [4.69, 9.17) is 9.47 Å². The first kappa shape index (κ1) is 59.0. The van der Waals surface area contributed by atoms with Crippen molar-refractivity contribution in [3.8, 4) is 11.5 Å². The van der Waals surface area contributed by atoms with E-state index >= 15 is 4.39 Å². The quantitative estimate of drug-likeness (QED) is 0.0866. The van der Waals surface area contributed by atoms with Gasteiger partial charge in [0.05, 0.1) is 43.4 Å². The number of aromatic nitrogens is 2. The molecular formula is C64H81FN10O8. The molecule has 4 saturated heterocycles. The number of amides is 5. The van der Waals surface area contributed by atoms with Gasteiger partial charge in [-0.05, 0) is 124 Å². The number of carbonyl (C=O) groups excluding carboxylic acids is 5. The van der Waals surface area contributed by atoms with Crippen LogP contribution in [0.25, 0.3) is 10.8 Å². The van der Waals surface area contributed by atoms with Gasteiger partial charge in [-0.3, -0.25) is 38.6 Å². The SMILES string of the molecule is CCOc1cc(OC)ccc1CNCC(=O)N1CCC(c2cccc(C(=O)NC(C(=O)N3CCN(CC4CCN(CC(=O)N5CCN(C(=O)c6cc(Cc7n[nH]c(=O)c8ccccc78)ccc6F)CC5)CC4)CC3)C3CCCCC3)c2)CC1. The Balaban J connectivity index is 0.639. The van der Waals surface area contributed by atoms with Gasteiger partial charge in [-0.15, -0.1) is 0 Å². The molecule has 4 aliphatic heterocycles. The number of carbonyl (C=O) groups is 5. The number of nitrogens with zero attached hydrogens (tertiary/aromatic N) is 7. The maximum absolute atomic E-state index is 15.2. The number of likely N-dealkylation sites (tertiary alicyclic amines) is 2. The number of ether oxygens (including phenoxy) is 2. The summed E-state index contributed by atoms with van der Waals surface area (Å²) in [5.41, 5.74) is 3.61. The minimum absolute atomic E-state index is 0.0172. The van der Waals surface area contributed by atoms with E-state index in [9.17, 15) is 28.8 Å². The third-order valence-electron chi connectivity index (χ3n) is 17.9. The predicted octanol–water partition coefficient (Wildman–Crippen LogP) is 6.08. The molecule has 1 saturated carbocycles. The Kier molecular flexibility index (Phi) is 19.8. The topological polar surface area (TPSA) is 193 Å². The summed E-state index contributed by atoms with van der Waals surface area (Å²) in [7, 11) is 1.62. The Labute approximate surface area is 486 Å². The first-order valence-corrected chi connectivity index (χ1v) is 30.2. The summed E-state index contributed by atoms with van der Waals surface area (Å²) in [4.78, 5) is 93.4. The highest BCUT2D eigenvalue weighted by Gasteiger charge is 2.37. The number of fused-ring (bicyclic) bond motifs is 1. The highest BCUT2D eigenvalue weighted by molar-refractivity contribution is 5.98. The van der Waals surface area contributed by atoms with Crippen molar-refractivity contribution in [2.24, 2.45) is 11.8 Å². The average Bonchev–Trinajstić information content (AvgIpc) is 3.73. The number of nitrogens with one attached hydrogen (secondary N) is 3. The molecule has 1 aliphatic carbocycles.